The molecule has 2 aromatic heterocycles. The average Bonchev–Trinajstić information content (AvgIpc) is 3.00. The Kier molecular flexibility index (Phi) is 3.22. The van der Waals surface area contributed by atoms with Crippen LogP contribution in [-0.2, 0) is 0 Å². The number of nitro groups is 1. The van der Waals surface area contributed by atoms with Gasteiger partial charge in [-0.2, -0.15) is 5.26 Å². The number of nitriles is 1. The summed E-state index contributed by atoms with van der Waals surface area (Å²) >= 11 is 0. The molecule has 4 rings (SSSR count). The second-order valence-electron chi connectivity index (χ2n) is 5.77. The van der Waals surface area contributed by atoms with Crippen LogP contribution >= 0.6 is 0 Å². The lowest BCUT2D eigenvalue weighted by atomic mass is 10.1. The van der Waals surface area contributed by atoms with E-state index in [2.05, 4.69) is 11.1 Å². The molecule has 0 bridgehead atoms. The Balaban J connectivity index is 2.18. The van der Waals surface area contributed by atoms with Gasteiger partial charge in [-0.05, 0) is 30.2 Å². The highest BCUT2D eigenvalue weighted by atomic mass is 16.6. The molecule has 0 amide bonds. The van der Waals surface area contributed by atoms with Crippen LogP contribution in [0.1, 0.15) is 11.1 Å². The first-order valence-corrected chi connectivity index (χ1v) is 7.66. The smallest absolute Gasteiger partial charge is 0.271 e. The van der Waals surface area contributed by atoms with Crippen LogP contribution in [0.5, 0.6) is 0 Å². The fourth-order valence-corrected chi connectivity index (χ4v) is 3.07. The number of nitrogens with zero attached hydrogens (tertiary/aromatic N) is 4. The molecule has 0 N–H and O–H groups in total. The van der Waals surface area contributed by atoms with Crippen molar-refractivity contribution in [1.82, 2.24) is 9.38 Å². The number of imidazole rings is 1. The standard InChI is InChI=1S/C19H12N4O2/c1-12-9-18(13-5-3-2-4-6-13)22-17-8-7-14(23(24)25)10-16(17)21-19(22)15(12)11-20/h2-10H,1H3. The largest absolute Gasteiger partial charge is 0.291 e. The summed E-state index contributed by atoms with van der Waals surface area (Å²) in [6, 6.07) is 18.5. The molecular formula is C19H12N4O2. The fourth-order valence-electron chi connectivity index (χ4n) is 3.07. The van der Waals surface area contributed by atoms with E-state index in [1.54, 1.807) is 6.07 Å². The molecule has 120 valence electrons. The highest BCUT2D eigenvalue weighted by Crippen LogP contribution is 2.31. The third kappa shape index (κ3) is 2.22. The SMILES string of the molecule is Cc1cc(-c2ccccc2)n2c(nc3cc([N+](=O)[O-])ccc32)c1C#N. The van der Waals surface area contributed by atoms with E-state index >= 15 is 0 Å². The number of benzene rings is 2. The summed E-state index contributed by atoms with van der Waals surface area (Å²) in [5.41, 5.74) is 4.88. The zero-order chi connectivity index (χ0) is 17.6. The van der Waals surface area contributed by atoms with Crippen LogP contribution in [0, 0.1) is 28.4 Å². The zero-order valence-electron chi connectivity index (χ0n) is 13.3. The molecule has 0 saturated carbocycles. The molecule has 0 aliphatic rings. The van der Waals surface area contributed by atoms with Gasteiger partial charge in [-0.15, -0.1) is 0 Å². The van der Waals surface area contributed by atoms with Gasteiger partial charge >= 0.3 is 0 Å². The number of aromatic nitrogens is 2. The van der Waals surface area contributed by atoms with Crippen molar-refractivity contribution in [3.8, 4) is 17.3 Å². The molecule has 0 atom stereocenters. The van der Waals surface area contributed by atoms with E-state index in [1.807, 2.05) is 47.7 Å². The van der Waals surface area contributed by atoms with Crippen molar-refractivity contribution in [2.45, 2.75) is 6.92 Å². The Labute approximate surface area is 142 Å². The normalized spacial score (nSPS) is 10.9. The first-order chi connectivity index (χ1) is 12.1. The summed E-state index contributed by atoms with van der Waals surface area (Å²) in [5.74, 6) is 0. The van der Waals surface area contributed by atoms with E-state index < -0.39 is 4.92 Å². The van der Waals surface area contributed by atoms with Crippen molar-refractivity contribution in [1.29, 1.82) is 5.26 Å². The number of fused-ring (bicyclic) bond motifs is 3. The third-order valence-electron chi connectivity index (χ3n) is 4.24. The summed E-state index contributed by atoms with van der Waals surface area (Å²) in [7, 11) is 0. The molecule has 0 unspecified atom stereocenters. The van der Waals surface area contributed by atoms with E-state index in [9.17, 15) is 15.4 Å². The van der Waals surface area contributed by atoms with E-state index in [0.29, 0.717) is 16.7 Å². The summed E-state index contributed by atoms with van der Waals surface area (Å²) in [6.45, 7) is 1.87. The van der Waals surface area contributed by atoms with Gasteiger partial charge in [-0.3, -0.25) is 14.5 Å². The van der Waals surface area contributed by atoms with E-state index in [1.165, 1.54) is 12.1 Å². The van der Waals surface area contributed by atoms with Crippen molar-refractivity contribution in [2.75, 3.05) is 0 Å². The summed E-state index contributed by atoms with van der Waals surface area (Å²) in [4.78, 5) is 15.1. The van der Waals surface area contributed by atoms with Gasteiger partial charge in [-0.1, -0.05) is 30.3 Å². The van der Waals surface area contributed by atoms with Crippen LogP contribution in [0.4, 0.5) is 5.69 Å². The summed E-state index contributed by atoms with van der Waals surface area (Å²) in [5, 5.41) is 20.6. The monoisotopic (exact) mass is 328 g/mol. The first kappa shape index (κ1) is 14.8. The number of aryl methyl sites for hydroxylation is 1. The topological polar surface area (TPSA) is 84.2 Å². The number of pyridine rings is 1. The molecule has 0 aliphatic carbocycles. The average molecular weight is 328 g/mol. The van der Waals surface area contributed by atoms with Gasteiger partial charge in [0.2, 0.25) is 0 Å². The Morgan fingerprint density at radius 2 is 1.92 bits per heavy atom. The Morgan fingerprint density at radius 1 is 1.16 bits per heavy atom. The van der Waals surface area contributed by atoms with Crippen LogP contribution in [-0.4, -0.2) is 14.3 Å². The predicted octanol–water partition coefficient (Wildman–Crippen LogP) is 4.24. The Hall–Kier alpha value is -3.72. The van der Waals surface area contributed by atoms with E-state index in [0.717, 1.165) is 22.3 Å². The van der Waals surface area contributed by atoms with Crippen LogP contribution in [0.15, 0.2) is 54.6 Å². The maximum atomic E-state index is 11.0. The van der Waals surface area contributed by atoms with Crippen molar-refractivity contribution in [3.63, 3.8) is 0 Å². The lowest BCUT2D eigenvalue weighted by Gasteiger charge is -2.10. The number of hydrogen-bond donors (Lipinski definition) is 0. The second kappa shape index (κ2) is 5.42. The molecule has 0 saturated heterocycles. The molecule has 25 heavy (non-hydrogen) atoms. The maximum absolute atomic E-state index is 11.0. The van der Waals surface area contributed by atoms with Gasteiger partial charge in [0.25, 0.3) is 5.69 Å². The molecule has 6 nitrogen and oxygen atoms in total. The van der Waals surface area contributed by atoms with Gasteiger partial charge in [0.1, 0.15) is 6.07 Å². The van der Waals surface area contributed by atoms with Gasteiger partial charge in [0.15, 0.2) is 5.65 Å². The fraction of sp³-hybridized carbons (Fsp3) is 0.0526. The Morgan fingerprint density at radius 3 is 2.60 bits per heavy atom. The van der Waals surface area contributed by atoms with Gasteiger partial charge in [0, 0.05) is 12.1 Å². The van der Waals surface area contributed by atoms with Crippen molar-refractivity contribution in [3.05, 3.63) is 75.8 Å². The molecule has 0 fully saturated rings. The second-order valence-corrected chi connectivity index (χ2v) is 5.77. The number of non-ortho nitro benzene ring substituents is 1. The minimum atomic E-state index is -0.446. The minimum absolute atomic E-state index is 0.0209. The molecule has 2 aromatic carbocycles. The molecule has 0 aliphatic heterocycles. The number of nitro benzene ring substituents is 1. The first-order valence-electron chi connectivity index (χ1n) is 7.66. The number of hydrogen-bond acceptors (Lipinski definition) is 4. The van der Waals surface area contributed by atoms with Crippen LogP contribution in [0.2, 0.25) is 0 Å². The lowest BCUT2D eigenvalue weighted by Crippen LogP contribution is -1.97. The zero-order valence-corrected chi connectivity index (χ0v) is 13.3. The van der Waals surface area contributed by atoms with Gasteiger partial charge in [-0.25, -0.2) is 4.98 Å². The maximum Gasteiger partial charge on any atom is 0.271 e. The number of rotatable bonds is 2. The van der Waals surface area contributed by atoms with Gasteiger partial charge in [0.05, 0.1) is 27.2 Å². The molecule has 0 radical (unpaired) electrons. The van der Waals surface area contributed by atoms with E-state index in [4.69, 9.17) is 0 Å². The molecule has 4 aromatic rings. The summed E-state index contributed by atoms with van der Waals surface area (Å²) < 4.78 is 1.89. The highest BCUT2D eigenvalue weighted by molar-refractivity contribution is 5.87. The lowest BCUT2D eigenvalue weighted by molar-refractivity contribution is -0.384. The summed E-state index contributed by atoms with van der Waals surface area (Å²) in [6.07, 6.45) is 0. The van der Waals surface area contributed by atoms with Crippen molar-refractivity contribution >= 4 is 22.4 Å². The highest BCUT2D eigenvalue weighted by Gasteiger charge is 2.18. The van der Waals surface area contributed by atoms with Crippen LogP contribution in [0.25, 0.3) is 27.9 Å². The quantitative estimate of drug-likeness (QED) is 0.407. The van der Waals surface area contributed by atoms with E-state index in [-0.39, 0.29) is 5.69 Å². The predicted molar refractivity (Wildman–Crippen MR) is 94.2 cm³/mol. The van der Waals surface area contributed by atoms with Crippen LogP contribution in [0.3, 0.4) is 0 Å². The van der Waals surface area contributed by atoms with Crippen molar-refractivity contribution < 1.29 is 4.92 Å². The van der Waals surface area contributed by atoms with Gasteiger partial charge < -0.3 is 0 Å². The molecular weight excluding hydrogens is 316 g/mol. The van der Waals surface area contributed by atoms with Crippen LogP contribution < -0.4 is 0 Å². The minimum Gasteiger partial charge on any atom is -0.291 e. The molecule has 2 heterocycles. The molecule has 0 spiro atoms. The van der Waals surface area contributed by atoms with Crippen molar-refractivity contribution in [2.24, 2.45) is 0 Å². The third-order valence-corrected chi connectivity index (χ3v) is 4.24. The Bertz CT molecular complexity index is 1190. The molecule has 6 heteroatoms.